The van der Waals surface area contributed by atoms with E-state index in [0.29, 0.717) is 57.6 Å². The number of hydrogen-bond acceptors (Lipinski definition) is 9. The predicted molar refractivity (Wildman–Crippen MR) is 214 cm³/mol. The van der Waals surface area contributed by atoms with E-state index in [1.807, 2.05) is 60.7 Å². The first-order valence-corrected chi connectivity index (χ1v) is 20.6. The molecule has 2 fully saturated rings. The van der Waals surface area contributed by atoms with Gasteiger partial charge in [-0.15, -0.1) is 0 Å². The zero-order valence-corrected chi connectivity index (χ0v) is 34.3. The number of carboxylic acids is 1. The maximum absolute atomic E-state index is 12.4. The monoisotopic (exact) mass is 846 g/mol. The number of halogens is 1. The van der Waals surface area contributed by atoms with Gasteiger partial charge in [-0.3, -0.25) is 19.2 Å². The average Bonchev–Trinajstić information content (AvgIpc) is 4.14. The highest BCUT2D eigenvalue weighted by molar-refractivity contribution is 9.09. The lowest BCUT2D eigenvalue weighted by molar-refractivity contribution is -0.156. The van der Waals surface area contributed by atoms with Crippen LogP contribution in [0.2, 0.25) is 0 Å². The van der Waals surface area contributed by atoms with Gasteiger partial charge in [-0.1, -0.05) is 88.7 Å². The van der Waals surface area contributed by atoms with Crippen molar-refractivity contribution in [3.63, 3.8) is 0 Å². The molecule has 13 heteroatoms. The van der Waals surface area contributed by atoms with E-state index >= 15 is 0 Å². The molecule has 0 saturated heterocycles. The second kappa shape index (κ2) is 20.4. The first kappa shape index (κ1) is 43.1. The molecule has 2 saturated carbocycles. The van der Waals surface area contributed by atoms with Crippen LogP contribution in [-0.2, 0) is 62.2 Å². The van der Waals surface area contributed by atoms with Gasteiger partial charge in [0.2, 0.25) is 11.8 Å². The minimum Gasteiger partial charge on any atom is -0.479 e. The maximum Gasteiger partial charge on any atom is 0.333 e. The largest absolute Gasteiger partial charge is 0.479 e. The quantitative estimate of drug-likeness (QED) is 0.115. The van der Waals surface area contributed by atoms with E-state index in [1.54, 1.807) is 42.7 Å². The number of carboxylic acid groups (broad SMARTS) is 1. The molecule has 3 atom stereocenters. The van der Waals surface area contributed by atoms with E-state index in [4.69, 9.17) is 14.2 Å². The third kappa shape index (κ3) is 11.5. The van der Waals surface area contributed by atoms with Gasteiger partial charge in [0.15, 0.2) is 12.1 Å². The average molecular weight is 848 g/mol. The van der Waals surface area contributed by atoms with Crippen LogP contribution in [0, 0.1) is 11.8 Å². The molecule has 4 aliphatic rings. The SMILES string of the molecule is CCOC(=O)C1c2ccccc2CC(=O)N1CC1CC1.CCOC(=O)Cc1ccccc1C(Br)C(=O)OCC.O=C(O)C1c2ccccc2CC(=O)N1CC1CC1. The summed E-state index contributed by atoms with van der Waals surface area (Å²) in [6.07, 6.45) is 5.38. The molecule has 0 bridgehead atoms. The Hall–Kier alpha value is -5.04. The molecule has 0 aromatic heterocycles. The van der Waals surface area contributed by atoms with E-state index in [0.717, 1.165) is 59.1 Å². The topological polar surface area (TPSA) is 157 Å². The fraction of sp³-hybridized carbons (Fsp3) is 0.455. The molecule has 3 unspecified atom stereocenters. The summed E-state index contributed by atoms with van der Waals surface area (Å²) in [7, 11) is 0. The second-order valence-electron chi connectivity index (χ2n) is 14.4. The van der Waals surface area contributed by atoms with Crippen molar-refractivity contribution >= 4 is 51.6 Å². The molecule has 7 rings (SSSR count). The van der Waals surface area contributed by atoms with Gasteiger partial charge < -0.3 is 29.1 Å². The lowest BCUT2D eigenvalue weighted by Gasteiger charge is -2.35. The standard InChI is InChI=1S/C16H19NO3.C14H17BrO4.C14H15NO3/c1-2-20-16(19)15-13-6-4-3-5-12(13)9-14(18)17(15)10-11-7-8-11;1-3-18-12(16)9-10-7-5-6-8-11(10)13(15)14(17)19-4-2;16-12-7-10-3-1-2-4-11(10)13(14(17)18)15(12)8-9-5-6-9/h3-6,11,15H,2,7-10H2,1H3;5-8,13H,3-4,9H2,1-2H3;1-4,9,13H,5-8H2,(H,17,18). The summed E-state index contributed by atoms with van der Waals surface area (Å²) < 4.78 is 15.1. The molecule has 304 valence electrons. The number of esters is 3. The second-order valence-corrected chi connectivity index (χ2v) is 15.3. The summed E-state index contributed by atoms with van der Waals surface area (Å²) in [4.78, 5) is 74.2. The Morgan fingerprint density at radius 3 is 1.67 bits per heavy atom. The molecule has 3 aromatic rings. The number of aliphatic carboxylic acids is 1. The summed E-state index contributed by atoms with van der Waals surface area (Å²) in [5.41, 5.74) is 4.98. The number of benzene rings is 3. The fourth-order valence-electron chi connectivity index (χ4n) is 7.04. The van der Waals surface area contributed by atoms with Crippen LogP contribution in [-0.4, -0.2) is 83.5 Å². The molecular formula is C44H51BrN2O10. The fourth-order valence-corrected chi connectivity index (χ4v) is 7.62. The van der Waals surface area contributed by atoms with Crippen molar-refractivity contribution in [3.8, 4) is 0 Å². The third-order valence-corrected chi connectivity index (χ3v) is 11.0. The Morgan fingerprint density at radius 2 is 1.16 bits per heavy atom. The Balaban J connectivity index is 0.000000163. The van der Waals surface area contributed by atoms with Gasteiger partial charge in [-0.2, -0.15) is 0 Å². The highest BCUT2D eigenvalue weighted by Gasteiger charge is 2.41. The third-order valence-electron chi connectivity index (χ3n) is 10.2. The molecule has 3 aromatic carbocycles. The molecule has 2 aliphatic carbocycles. The Bertz CT molecular complexity index is 1930. The van der Waals surface area contributed by atoms with Crippen LogP contribution in [0.5, 0.6) is 0 Å². The van der Waals surface area contributed by atoms with Crippen molar-refractivity contribution in [1.29, 1.82) is 0 Å². The molecule has 2 aliphatic heterocycles. The van der Waals surface area contributed by atoms with E-state index in [1.165, 1.54) is 0 Å². The molecule has 0 spiro atoms. The lowest BCUT2D eigenvalue weighted by Crippen LogP contribution is -2.45. The number of amides is 2. The first-order chi connectivity index (χ1) is 27.5. The van der Waals surface area contributed by atoms with Crippen LogP contribution in [0.3, 0.4) is 0 Å². The first-order valence-electron chi connectivity index (χ1n) is 19.6. The summed E-state index contributed by atoms with van der Waals surface area (Å²) >= 11 is 3.31. The molecule has 12 nitrogen and oxygen atoms in total. The number of hydrogen-bond donors (Lipinski definition) is 1. The minimum absolute atomic E-state index is 0.0358. The molecule has 2 amide bonds. The van der Waals surface area contributed by atoms with Crippen molar-refractivity contribution in [1.82, 2.24) is 9.80 Å². The summed E-state index contributed by atoms with van der Waals surface area (Å²) in [6, 6.07) is 20.9. The van der Waals surface area contributed by atoms with Gasteiger partial charge in [-0.05, 0) is 91.7 Å². The van der Waals surface area contributed by atoms with Crippen molar-refractivity contribution < 1.29 is 48.1 Å². The Labute approximate surface area is 342 Å². The number of carbonyl (C=O) groups is 6. The zero-order valence-electron chi connectivity index (χ0n) is 32.7. The van der Waals surface area contributed by atoms with Crippen LogP contribution < -0.4 is 0 Å². The van der Waals surface area contributed by atoms with Gasteiger partial charge in [0.05, 0.1) is 39.1 Å². The van der Waals surface area contributed by atoms with Crippen molar-refractivity contribution in [2.75, 3.05) is 32.9 Å². The Kier molecular flexibility index (Phi) is 15.4. The van der Waals surface area contributed by atoms with E-state index in [9.17, 15) is 33.9 Å². The van der Waals surface area contributed by atoms with Gasteiger partial charge in [0, 0.05) is 13.1 Å². The van der Waals surface area contributed by atoms with Crippen molar-refractivity contribution in [2.45, 2.75) is 82.6 Å². The molecule has 1 N–H and O–H groups in total. The van der Waals surface area contributed by atoms with Gasteiger partial charge in [0.25, 0.3) is 0 Å². The maximum atomic E-state index is 12.4. The number of rotatable bonds is 13. The van der Waals surface area contributed by atoms with Gasteiger partial charge in [0.1, 0.15) is 4.83 Å². The highest BCUT2D eigenvalue weighted by atomic mass is 79.9. The van der Waals surface area contributed by atoms with E-state index in [-0.39, 0.29) is 36.1 Å². The molecule has 57 heavy (non-hydrogen) atoms. The number of nitrogens with zero attached hydrogens (tertiary/aromatic N) is 2. The molecule has 2 heterocycles. The number of ether oxygens (including phenoxy) is 3. The summed E-state index contributed by atoms with van der Waals surface area (Å²) in [6.45, 7) is 7.57. The van der Waals surface area contributed by atoms with E-state index in [2.05, 4.69) is 15.9 Å². The van der Waals surface area contributed by atoms with Crippen LogP contribution >= 0.6 is 15.9 Å². The van der Waals surface area contributed by atoms with Crippen molar-refractivity contribution in [3.05, 3.63) is 106 Å². The predicted octanol–water partition coefficient (Wildman–Crippen LogP) is 6.48. The number of fused-ring (bicyclic) bond motifs is 2. The molecule has 0 radical (unpaired) electrons. The number of carbonyl (C=O) groups excluding carboxylic acids is 5. The summed E-state index contributed by atoms with van der Waals surface area (Å²) in [5.74, 6) is -0.883. The summed E-state index contributed by atoms with van der Waals surface area (Å²) in [5, 5.41) is 9.41. The number of alkyl halides is 1. The zero-order chi connectivity index (χ0) is 41.1. The Morgan fingerprint density at radius 1 is 0.684 bits per heavy atom. The van der Waals surface area contributed by atoms with Gasteiger partial charge in [-0.25, -0.2) is 9.59 Å². The minimum atomic E-state index is -0.934. The van der Waals surface area contributed by atoms with Crippen LogP contribution in [0.1, 0.15) is 96.7 Å². The van der Waals surface area contributed by atoms with Crippen LogP contribution in [0.15, 0.2) is 72.8 Å². The lowest BCUT2D eigenvalue weighted by atomic mass is 9.92. The van der Waals surface area contributed by atoms with Gasteiger partial charge >= 0.3 is 23.9 Å². The normalized spacial score (nSPS) is 18.7. The van der Waals surface area contributed by atoms with Crippen LogP contribution in [0.4, 0.5) is 0 Å². The molecular weight excluding hydrogens is 796 g/mol. The smallest absolute Gasteiger partial charge is 0.333 e. The van der Waals surface area contributed by atoms with Crippen molar-refractivity contribution in [2.24, 2.45) is 11.8 Å². The van der Waals surface area contributed by atoms with E-state index < -0.39 is 22.9 Å². The highest BCUT2D eigenvalue weighted by Crippen LogP contribution is 2.38. The van der Waals surface area contributed by atoms with Crippen LogP contribution in [0.25, 0.3) is 0 Å².